The fourth-order valence-corrected chi connectivity index (χ4v) is 7.58. The molecular formula is C40H28S. The highest BCUT2D eigenvalue weighted by Crippen LogP contribution is 2.42. The average Bonchev–Trinajstić information content (AvgIpc) is 3.38. The summed E-state index contributed by atoms with van der Waals surface area (Å²) in [6.45, 7) is 4.39. The van der Waals surface area contributed by atoms with Gasteiger partial charge in [0.15, 0.2) is 0 Å². The van der Waals surface area contributed by atoms with Crippen LogP contribution in [0.3, 0.4) is 0 Å². The number of benzene rings is 7. The summed E-state index contributed by atoms with van der Waals surface area (Å²) in [7, 11) is 0. The van der Waals surface area contributed by atoms with Crippen molar-refractivity contribution in [3.63, 3.8) is 0 Å². The fourth-order valence-electron chi connectivity index (χ4n) is 6.38. The maximum absolute atomic E-state index is 2.36. The number of rotatable bonds is 3. The monoisotopic (exact) mass is 540 g/mol. The van der Waals surface area contributed by atoms with Crippen molar-refractivity contribution in [1.82, 2.24) is 0 Å². The summed E-state index contributed by atoms with van der Waals surface area (Å²) < 4.78 is 2.72. The van der Waals surface area contributed by atoms with Gasteiger partial charge >= 0.3 is 0 Å². The third-order valence-electron chi connectivity index (χ3n) is 8.32. The van der Waals surface area contributed by atoms with Crippen LogP contribution in [0.4, 0.5) is 0 Å². The third kappa shape index (κ3) is 4.05. The molecule has 0 N–H and O–H groups in total. The van der Waals surface area contributed by atoms with Crippen molar-refractivity contribution >= 4 is 53.1 Å². The van der Waals surface area contributed by atoms with Crippen LogP contribution in [0.5, 0.6) is 0 Å². The van der Waals surface area contributed by atoms with Crippen LogP contribution in [0.1, 0.15) is 11.1 Å². The van der Waals surface area contributed by atoms with E-state index in [1.165, 1.54) is 86.2 Å². The zero-order valence-electron chi connectivity index (χ0n) is 23.1. The number of thiophene rings is 1. The van der Waals surface area contributed by atoms with Gasteiger partial charge in [0, 0.05) is 20.2 Å². The smallest absolute Gasteiger partial charge is 0.0434 e. The van der Waals surface area contributed by atoms with Crippen molar-refractivity contribution in [2.75, 3.05) is 0 Å². The van der Waals surface area contributed by atoms with Gasteiger partial charge in [0.1, 0.15) is 0 Å². The molecule has 0 amide bonds. The Morgan fingerprint density at radius 3 is 1.80 bits per heavy atom. The molecule has 0 nitrogen and oxygen atoms in total. The third-order valence-corrected chi connectivity index (χ3v) is 9.54. The zero-order chi connectivity index (χ0) is 27.5. The van der Waals surface area contributed by atoms with Crippen molar-refractivity contribution in [2.45, 2.75) is 13.8 Å². The number of fused-ring (bicyclic) bond motifs is 6. The summed E-state index contributed by atoms with van der Waals surface area (Å²) >= 11 is 1.90. The van der Waals surface area contributed by atoms with E-state index in [2.05, 4.69) is 147 Å². The highest BCUT2D eigenvalue weighted by Gasteiger charge is 2.14. The highest BCUT2D eigenvalue weighted by molar-refractivity contribution is 7.26. The second-order valence-electron chi connectivity index (χ2n) is 11.1. The standard InChI is InChI=1S/C40H28S/c1-25-17-18-39-37(19-25)38-21-26(2)20-36(40(38)41-39)30-13-8-11-28(23-30)27-10-7-12-29(22-27)35-24-31-9-3-4-14-32(31)33-15-5-6-16-34(33)35/h3-24H,1-2H3. The predicted octanol–water partition coefficient (Wildman–Crippen LogP) is 12.0. The Bertz CT molecular complexity index is 2280. The van der Waals surface area contributed by atoms with Crippen molar-refractivity contribution < 1.29 is 0 Å². The van der Waals surface area contributed by atoms with Gasteiger partial charge in [-0.2, -0.15) is 0 Å². The minimum absolute atomic E-state index is 1.23. The molecule has 0 atom stereocenters. The van der Waals surface area contributed by atoms with Gasteiger partial charge < -0.3 is 0 Å². The maximum Gasteiger partial charge on any atom is 0.0434 e. The molecule has 0 bridgehead atoms. The second-order valence-corrected chi connectivity index (χ2v) is 12.2. The van der Waals surface area contributed by atoms with Crippen LogP contribution in [0.25, 0.3) is 75.1 Å². The van der Waals surface area contributed by atoms with E-state index in [0.29, 0.717) is 0 Å². The molecule has 41 heavy (non-hydrogen) atoms. The van der Waals surface area contributed by atoms with Gasteiger partial charge in [0.25, 0.3) is 0 Å². The van der Waals surface area contributed by atoms with Gasteiger partial charge in [-0.15, -0.1) is 11.3 Å². The van der Waals surface area contributed by atoms with E-state index in [1.807, 2.05) is 11.3 Å². The summed E-state index contributed by atoms with van der Waals surface area (Å²) in [5.74, 6) is 0. The number of aryl methyl sites for hydroxylation is 2. The van der Waals surface area contributed by atoms with Crippen LogP contribution < -0.4 is 0 Å². The van der Waals surface area contributed by atoms with E-state index in [4.69, 9.17) is 0 Å². The number of hydrogen-bond acceptors (Lipinski definition) is 1. The van der Waals surface area contributed by atoms with Crippen LogP contribution in [-0.2, 0) is 0 Å². The van der Waals surface area contributed by atoms with E-state index in [9.17, 15) is 0 Å². The van der Waals surface area contributed by atoms with E-state index < -0.39 is 0 Å². The van der Waals surface area contributed by atoms with E-state index in [0.717, 1.165) is 0 Å². The van der Waals surface area contributed by atoms with Crippen LogP contribution in [-0.4, -0.2) is 0 Å². The molecule has 1 aromatic heterocycles. The normalized spacial score (nSPS) is 11.7. The van der Waals surface area contributed by atoms with Gasteiger partial charge in [0.05, 0.1) is 0 Å². The molecule has 0 fully saturated rings. The van der Waals surface area contributed by atoms with E-state index in [-0.39, 0.29) is 0 Å². The quantitative estimate of drug-likeness (QED) is 0.196. The Morgan fingerprint density at radius 2 is 1.02 bits per heavy atom. The summed E-state index contributed by atoms with van der Waals surface area (Å²) in [6, 6.07) is 49.4. The average molecular weight is 541 g/mol. The van der Waals surface area contributed by atoms with Crippen LogP contribution in [0, 0.1) is 13.8 Å². The molecule has 8 rings (SSSR count). The molecule has 0 aliphatic carbocycles. The van der Waals surface area contributed by atoms with Gasteiger partial charge in [-0.25, -0.2) is 0 Å². The molecule has 7 aromatic carbocycles. The Morgan fingerprint density at radius 1 is 0.390 bits per heavy atom. The molecule has 0 aliphatic rings. The van der Waals surface area contributed by atoms with Crippen LogP contribution in [0.2, 0.25) is 0 Å². The van der Waals surface area contributed by atoms with Crippen LogP contribution >= 0.6 is 11.3 Å². The molecule has 1 heteroatoms. The lowest BCUT2D eigenvalue weighted by molar-refractivity contribution is 1.50. The molecule has 194 valence electrons. The van der Waals surface area contributed by atoms with Gasteiger partial charge in [-0.05, 0) is 117 Å². The summed E-state index contributed by atoms with van der Waals surface area (Å²) in [5, 5.41) is 7.89. The van der Waals surface area contributed by atoms with Crippen molar-refractivity contribution in [2.24, 2.45) is 0 Å². The molecular weight excluding hydrogens is 513 g/mol. The Labute approximate surface area is 244 Å². The Hall–Kier alpha value is -4.72. The first-order valence-corrected chi connectivity index (χ1v) is 15.0. The van der Waals surface area contributed by atoms with Gasteiger partial charge in [-0.3, -0.25) is 0 Å². The highest BCUT2D eigenvalue weighted by atomic mass is 32.1. The van der Waals surface area contributed by atoms with Crippen molar-refractivity contribution in [1.29, 1.82) is 0 Å². The predicted molar refractivity (Wildman–Crippen MR) is 180 cm³/mol. The molecule has 1 heterocycles. The molecule has 0 saturated carbocycles. The molecule has 0 unspecified atom stereocenters. The summed E-state index contributed by atoms with van der Waals surface area (Å²) in [5.41, 5.74) is 10.2. The second kappa shape index (κ2) is 9.44. The minimum Gasteiger partial charge on any atom is -0.135 e. The maximum atomic E-state index is 2.36. The first-order valence-electron chi connectivity index (χ1n) is 14.2. The lowest BCUT2D eigenvalue weighted by Gasteiger charge is -2.13. The topological polar surface area (TPSA) is 0 Å². The first kappa shape index (κ1) is 24.1. The van der Waals surface area contributed by atoms with Gasteiger partial charge in [0.2, 0.25) is 0 Å². The SMILES string of the molecule is Cc1ccc2sc3c(-c4cccc(-c5cccc(-c6cc7ccccc7c7ccccc67)c5)c4)cc(C)cc3c2c1. The Balaban J connectivity index is 1.28. The van der Waals surface area contributed by atoms with Gasteiger partial charge in [-0.1, -0.05) is 96.6 Å². The number of hydrogen-bond donors (Lipinski definition) is 0. The first-order chi connectivity index (χ1) is 20.1. The molecule has 0 saturated heterocycles. The lowest BCUT2D eigenvalue weighted by Crippen LogP contribution is -1.87. The Kier molecular flexibility index (Phi) is 5.55. The van der Waals surface area contributed by atoms with E-state index in [1.54, 1.807) is 0 Å². The van der Waals surface area contributed by atoms with Crippen molar-refractivity contribution in [3.05, 3.63) is 145 Å². The zero-order valence-corrected chi connectivity index (χ0v) is 23.9. The largest absolute Gasteiger partial charge is 0.135 e. The molecule has 0 radical (unpaired) electrons. The van der Waals surface area contributed by atoms with Crippen molar-refractivity contribution in [3.8, 4) is 33.4 Å². The molecule has 0 spiro atoms. The van der Waals surface area contributed by atoms with E-state index >= 15 is 0 Å². The minimum atomic E-state index is 1.23. The summed E-state index contributed by atoms with van der Waals surface area (Å²) in [4.78, 5) is 0. The lowest BCUT2D eigenvalue weighted by atomic mass is 9.91. The molecule has 8 aromatic rings. The fraction of sp³-hybridized carbons (Fsp3) is 0.0500. The van der Waals surface area contributed by atoms with Crippen LogP contribution in [0.15, 0.2) is 133 Å². The summed E-state index contributed by atoms with van der Waals surface area (Å²) in [6.07, 6.45) is 0. The molecule has 0 aliphatic heterocycles.